The highest BCUT2D eigenvalue weighted by atomic mass is 19.3. The molecule has 1 amide bonds. The second-order valence-corrected chi connectivity index (χ2v) is 13.8. The number of aliphatic hydroxyl groups is 1. The van der Waals surface area contributed by atoms with E-state index in [9.17, 15) is 45.4 Å². The monoisotopic (exact) mass is 746 g/mol. The van der Waals surface area contributed by atoms with Crippen LogP contribution in [0.25, 0.3) is 11.1 Å². The first-order valence-corrected chi connectivity index (χ1v) is 16.3. The molecule has 3 atom stereocenters. The smallest absolute Gasteiger partial charge is 0.293 e. The van der Waals surface area contributed by atoms with Gasteiger partial charge in [0, 0.05) is 35.4 Å². The topological polar surface area (TPSA) is 111 Å². The van der Waals surface area contributed by atoms with Gasteiger partial charge in [0.15, 0.2) is 5.78 Å². The summed E-state index contributed by atoms with van der Waals surface area (Å²) in [6.07, 6.45) is -6.00. The van der Waals surface area contributed by atoms with Gasteiger partial charge in [0.25, 0.3) is 24.2 Å². The molecule has 0 unspecified atom stereocenters. The van der Waals surface area contributed by atoms with Crippen molar-refractivity contribution in [2.45, 2.75) is 74.4 Å². The number of nitrogens with two attached hydrogens (primary N) is 1. The molecule has 7 rings (SSSR count). The van der Waals surface area contributed by atoms with E-state index in [1.54, 1.807) is 0 Å². The number of rotatable bonds is 10. The van der Waals surface area contributed by atoms with Crippen molar-refractivity contribution >= 4 is 11.7 Å². The molecule has 2 saturated carbocycles. The third kappa shape index (κ3) is 6.90. The summed E-state index contributed by atoms with van der Waals surface area (Å²) >= 11 is 0. The zero-order valence-electron chi connectivity index (χ0n) is 27.3. The lowest BCUT2D eigenvalue weighted by Crippen LogP contribution is -2.50. The van der Waals surface area contributed by atoms with Gasteiger partial charge in [0.2, 0.25) is 0 Å². The summed E-state index contributed by atoms with van der Waals surface area (Å²) in [5.74, 6) is -9.82. The predicted molar refractivity (Wildman–Crippen MR) is 169 cm³/mol. The van der Waals surface area contributed by atoms with Gasteiger partial charge < -0.3 is 10.8 Å². The summed E-state index contributed by atoms with van der Waals surface area (Å²) in [5.41, 5.74) is 1.02. The van der Waals surface area contributed by atoms with E-state index < -0.39 is 114 Å². The Kier molecular flexibility index (Phi) is 8.71. The van der Waals surface area contributed by atoms with Gasteiger partial charge in [-0.1, -0.05) is 12.0 Å². The molecule has 3 N–H and O–H groups in total. The Hall–Kier alpha value is -5.17. The van der Waals surface area contributed by atoms with Crippen molar-refractivity contribution in [3.63, 3.8) is 0 Å². The quantitative estimate of drug-likeness (QED) is 0.133. The number of Topliss-reactive ketones (excluding diaryl/α,β-unsaturated/α-hetero) is 1. The van der Waals surface area contributed by atoms with E-state index in [1.807, 2.05) is 0 Å². The Morgan fingerprint density at radius 2 is 1.68 bits per heavy atom. The van der Waals surface area contributed by atoms with Gasteiger partial charge in [-0.25, -0.2) is 35.7 Å². The maximum atomic E-state index is 15.3. The number of pyridine rings is 1. The number of ketones is 1. The highest BCUT2D eigenvalue weighted by Crippen LogP contribution is 2.68. The summed E-state index contributed by atoms with van der Waals surface area (Å²) in [6, 6.07) is 8.52. The number of nitrogens with zero attached hydrogens (tertiary/aromatic N) is 3. The van der Waals surface area contributed by atoms with Crippen LogP contribution in [0.2, 0.25) is 0 Å². The van der Waals surface area contributed by atoms with E-state index in [0.29, 0.717) is 10.7 Å². The first-order chi connectivity index (χ1) is 24.8. The number of aromatic nitrogens is 3. The Morgan fingerprint density at radius 1 is 0.981 bits per heavy atom. The average Bonchev–Trinajstić information content (AvgIpc) is 3.70. The van der Waals surface area contributed by atoms with Gasteiger partial charge >= 0.3 is 0 Å². The molecule has 7 nitrogen and oxygen atoms in total. The van der Waals surface area contributed by atoms with Crippen molar-refractivity contribution in [1.82, 2.24) is 14.8 Å². The van der Waals surface area contributed by atoms with Crippen molar-refractivity contribution in [2.24, 2.45) is 11.7 Å². The molecule has 0 aliphatic heterocycles. The summed E-state index contributed by atoms with van der Waals surface area (Å²) in [4.78, 5) is 30.3. The van der Waals surface area contributed by atoms with Gasteiger partial charge in [0.1, 0.15) is 46.7 Å². The average molecular weight is 747 g/mol. The van der Waals surface area contributed by atoms with E-state index >= 15 is 8.78 Å². The molecule has 2 aromatic heterocycles. The van der Waals surface area contributed by atoms with Crippen LogP contribution in [0.3, 0.4) is 0 Å². The van der Waals surface area contributed by atoms with E-state index in [1.165, 1.54) is 18.2 Å². The zero-order chi connectivity index (χ0) is 38.2. The number of carbonyl (C=O) groups is 2. The molecular weight excluding hydrogens is 719 g/mol. The van der Waals surface area contributed by atoms with Gasteiger partial charge in [-0.15, -0.1) is 0 Å². The van der Waals surface area contributed by atoms with Crippen molar-refractivity contribution in [1.29, 1.82) is 0 Å². The van der Waals surface area contributed by atoms with E-state index in [0.717, 1.165) is 24.3 Å². The SMILES string of the molecule is NC(=O)c1cc(-c2ccc(C#CC3(O)CC(F)(F)C3)nc2[C@@H](CC(=O)Cn2nc(C(F)F)c3c2C(F)(F)[C@@H]2C[C@H]32)Cc2cc(F)cc(F)c2)ccc1F. The van der Waals surface area contributed by atoms with Crippen LogP contribution in [-0.4, -0.2) is 43.1 Å². The molecule has 3 aliphatic rings. The van der Waals surface area contributed by atoms with E-state index in [4.69, 9.17) is 5.73 Å². The highest BCUT2D eigenvalue weighted by molar-refractivity contribution is 5.94. The third-order valence-electron chi connectivity index (χ3n) is 9.75. The van der Waals surface area contributed by atoms with Crippen LogP contribution in [0.15, 0.2) is 48.5 Å². The number of primary amides is 1. The van der Waals surface area contributed by atoms with Crippen molar-refractivity contribution < 1.29 is 54.2 Å². The van der Waals surface area contributed by atoms with Crippen LogP contribution in [0.5, 0.6) is 0 Å². The molecule has 0 saturated heterocycles. The summed E-state index contributed by atoms with van der Waals surface area (Å²) in [5, 5.41) is 14.1. The lowest BCUT2D eigenvalue weighted by atomic mass is 9.77. The molecule has 16 heteroatoms. The molecular formula is C37H27F9N4O3. The fourth-order valence-corrected chi connectivity index (χ4v) is 7.42. The number of benzene rings is 2. The number of hydrogen-bond acceptors (Lipinski definition) is 5. The minimum Gasteiger partial charge on any atom is -0.377 e. The van der Waals surface area contributed by atoms with Crippen LogP contribution < -0.4 is 5.73 Å². The lowest BCUT2D eigenvalue weighted by Gasteiger charge is -2.39. The Balaban J connectivity index is 1.32. The first-order valence-electron chi connectivity index (χ1n) is 16.3. The minimum absolute atomic E-state index is 0.00000986. The van der Waals surface area contributed by atoms with Gasteiger partial charge in [-0.05, 0) is 72.2 Å². The van der Waals surface area contributed by atoms with Crippen molar-refractivity contribution in [2.75, 3.05) is 0 Å². The third-order valence-corrected chi connectivity index (χ3v) is 9.75. The number of carbonyl (C=O) groups excluding carboxylic acids is 2. The fraction of sp³-hybridized carbons (Fsp3) is 0.351. The van der Waals surface area contributed by atoms with Crippen LogP contribution in [-0.2, 0) is 23.7 Å². The summed E-state index contributed by atoms with van der Waals surface area (Å²) in [7, 11) is 0. The van der Waals surface area contributed by atoms with Crippen molar-refractivity contribution in [3.8, 4) is 23.0 Å². The highest BCUT2D eigenvalue weighted by Gasteiger charge is 2.67. The molecule has 53 heavy (non-hydrogen) atoms. The molecule has 0 spiro atoms. The number of alkyl halides is 6. The summed E-state index contributed by atoms with van der Waals surface area (Å²) in [6.45, 7) is -0.878. The Labute approximate surface area is 295 Å². The number of fused-ring (bicyclic) bond motifs is 3. The molecule has 0 radical (unpaired) electrons. The molecule has 2 aromatic carbocycles. The molecule has 276 valence electrons. The zero-order valence-corrected chi connectivity index (χ0v) is 27.3. The van der Waals surface area contributed by atoms with Crippen molar-refractivity contribution in [3.05, 3.63) is 105 Å². The standard InChI is InChI=1S/C37H27F9N4O3/c38-20-8-17(9-21(39)12-20)7-19(10-23(51)14-50-32-29(31(49-50)33(41)42)25-13-27(25)37(32,45)46)30-24(18-1-4-28(40)26(11-18)34(47)52)3-2-22(48-30)5-6-35(53)15-36(43,44)16-35/h1-4,8-9,11-12,19,25,27,33,53H,7,10,13-16H2,(H2,47,52)/t19-,25+,27-/m1/s1. The first kappa shape index (κ1) is 36.2. The number of amides is 1. The van der Waals surface area contributed by atoms with Crippen LogP contribution in [0, 0.1) is 35.2 Å². The molecule has 0 bridgehead atoms. The second-order valence-electron chi connectivity index (χ2n) is 13.8. The molecule has 3 aliphatic carbocycles. The van der Waals surface area contributed by atoms with Gasteiger partial charge in [-0.2, -0.15) is 13.9 Å². The minimum atomic E-state index is -3.52. The molecule has 4 aromatic rings. The van der Waals surface area contributed by atoms with E-state index in [2.05, 4.69) is 21.9 Å². The lowest BCUT2D eigenvalue weighted by molar-refractivity contribution is -0.176. The fourth-order valence-electron chi connectivity index (χ4n) is 7.42. The van der Waals surface area contributed by atoms with Crippen LogP contribution >= 0.6 is 0 Å². The molecule has 2 heterocycles. The Morgan fingerprint density at radius 3 is 2.32 bits per heavy atom. The number of halogens is 9. The van der Waals surface area contributed by atoms with E-state index in [-0.39, 0.29) is 46.5 Å². The largest absolute Gasteiger partial charge is 0.377 e. The maximum Gasteiger partial charge on any atom is 0.293 e. The maximum absolute atomic E-state index is 15.3. The van der Waals surface area contributed by atoms with Crippen LogP contribution in [0.4, 0.5) is 39.5 Å². The summed E-state index contributed by atoms with van der Waals surface area (Å²) < 4.78 is 129. The predicted octanol–water partition coefficient (Wildman–Crippen LogP) is 7.11. The normalized spacial score (nSPS) is 20.5. The van der Waals surface area contributed by atoms with Gasteiger partial charge in [0.05, 0.1) is 24.1 Å². The Bertz CT molecular complexity index is 2220. The second kappa shape index (κ2) is 12.8. The van der Waals surface area contributed by atoms with Gasteiger partial charge in [-0.3, -0.25) is 14.3 Å². The number of hydrogen-bond donors (Lipinski definition) is 2. The van der Waals surface area contributed by atoms with Crippen LogP contribution in [0.1, 0.15) is 88.2 Å². The molecule has 2 fully saturated rings.